The fourth-order valence-corrected chi connectivity index (χ4v) is 2.93. The van der Waals surface area contributed by atoms with E-state index in [4.69, 9.17) is 9.26 Å². The van der Waals surface area contributed by atoms with Gasteiger partial charge in [0.15, 0.2) is 0 Å². The van der Waals surface area contributed by atoms with E-state index in [9.17, 15) is 4.79 Å². The molecule has 0 radical (unpaired) electrons. The van der Waals surface area contributed by atoms with Crippen molar-refractivity contribution in [2.75, 3.05) is 7.11 Å². The average Bonchev–Trinajstić information content (AvgIpc) is 2.35. The van der Waals surface area contributed by atoms with Crippen LogP contribution in [0.2, 0.25) is 0 Å². The van der Waals surface area contributed by atoms with Crippen molar-refractivity contribution in [1.29, 1.82) is 0 Å². The van der Waals surface area contributed by atoms with Gasteiger partial charge in [0.25, 0.3) is 0 Å². The fraction of sp³-hybridized carbons (Fsp3) is 0.500. The first-order valence-electron chi connectivity index (χ1n) is 6.33. The lowest BCUT2D eigenvalue weighted by molar-refractivity contribution is -0.137. The Morgan fingerprint density at radius 1 is 1.37 bits per heavy atom. The molecule has 0 saturated heterocycles. The highest BCUT2D eigenvalue weighted by Crippen LogP contribution is 2.28. The number of carbonyl (C=O) groups is 1. The van der Waals surface area contributed by atoms with E-state index in [-0.39, 0.29) is 20.4 Å². The normalized spacial score (nSPS) is 12.7. The van der Waals surface area contributed by atoms with Crippen LogP contribution in [0.5, 0.6) is 5.75 Å². The molecule has 0 saturated carbocycles. The molecule has 0 aliphatic rings. The Hall–Kier alpha value is -0.650. The molecule has 0 aromatic heterocycles. The largest absolute Gasteiger partial charge is 0.496 e. The molecule has 0 bridgehead atoms. The fourth-order valence-electron chi connectivity index (χ4n) is 2.30. The van der Waals surface area contributed by atoms with Gasteiger partial charge >= 0.3 is 5.97 Å². The van der Waals surface area contributed by atoms with Crippen molar-refractivity contribution in [3.8, 4) is 5.75 Å². The Balaban J connectivity index is 2.89. The van der Waals surface area contributed by atoms with Gasteiger partial charge in [0.2, 0.25) is 0 Å². The van der Waals surface area contributed by atoms with Gasteiger partial charge in [-0.3, -0.25) is 4.79 Å². The highest BCUT2D eigenvalue weighted by atomic mass is 32.0. The Kier molecular flexibility index (Phi) is 6.75. The molecule has 0 heterocycles. The second kappa shape index (κ2) is 7.82. The Morgan fingerprint density at radius 3 is 2.37 bits per heavy atom. The first kappa shape index (κ1) is 16.4. The molecule has 0 N–H and O–H groups in total. The van der Waals surface area contributed by atoms with Crippen LogP contribution in [0.3, 0.4) is 0 Å². The summed E-state index contributed by atoms with van der Waals surface area (Å²) in [6.45, 7) is 6.07. The SMILES string of the molecule is CC[C@@H](Cc1cc(C)c(OC)c(C)c1)C(=O)OPP. The van der Waals surface area contributed by atoms with Crippen LogP contribution in [-0.4, -0.2) is 13.1 Å². The van der Waals surface area contributed by atoms with Crippen molar-refractivity contribution in [3.05, 3.63) is 28.8 Å². The molecule has 0 aliphatic carbocycles. The van der Waals surface area contributed by atoms with Gasteiger partial charge in [0, 0.05) is 0 Å². The van der Waals surface area contributed by atoms with Crippen molar-refractivity contribution in [2.45, 2.75) is 33.6 Å². The highest BCUT2D eigenvalue weighted by molar-refractivity contribution is 8.00. The predicted octanol–water partition coefficient (Wildman–Crippen LogP) is 3.81. The minimum atomic E-state index is -0.109. The van der Waals surface area contributed by atoms with E-state index in [1.165, 1.54) is 0 Å². The molecule has 0 spiro atoms. The van der Waals surface area contributed by atoms with Crippen LogP contribution in [0.1, 0.15) is 30.0 Å². The van der Waals surface area contributed by atoms with Crippen LogP contribution in [0, 0.1) is 19.8 Å². The topological polar surface area (TPSA) is 35.5 Å². The summed E-state index contributed by atoms with van der Waals surface area (Å²) in [5.74, 6) is 0.744. The van der Waals surface area contributed by atoms with Crippen LogP contribution >= 0.6 is 17.4 Å². The quantitative estimate of drug-likeness (QED) is 0.749. The van der Waals surface area contributed by atoms with Crippen LogP contribution in [0.15, 0.2) is 12.1 Å². The third-order valence-electron chi connectivity index (χ3n) is 3.19. The maximum atomic E-state index is 11.8. The van der Waals surface area contributed by atoms with Crippen LogP contribution in [-0.2, 0) is 15.7 Å². The highest BCUT2D eigenvalue weighted by Gasteiger charge is 2.19. The zero-order valence-electron chi connectivity index (χ0n) is 11.9. The summed E-state index contributed by atoms with van der Waals surface area (Å²) in [6, 6.07) is 4.18. The molecule has 0 fully saturated rings. The number of aryl methyl sites for hydroxylation is 2. The molecule has 2 unspecified atom stereocenters. The summed E-state index contributed by atoms with van der Waals surface area (Å²) < 4.78 is 10.5. The van der Waals surface area contributed by atoms with Gasteiger partial charge in [-0.1, -0.05) is 28.0 Å². The number of methoxy groups -OCH3 is 1. The second-order valence-electron chi connectivity index (χ2n) is 4.61. The monoisotopic (exact) mass is 300 g/mol. The molecule has 106 valence electrons. The number of carbonyl (C=O) groups excluding carboxylic acids is 1. The molecule has 1 aromatic rings. The minimum Gasteiger partial charge on any atom is -0.496 e. The molecule has 1 aromatic carbocycles. The van der Waals surface area contributed by atoms with Crippen molar-refractivity contribution in [3.63, 3.8) is 0 Å². The second-order valence-corrected chi connectivity index (χ2v) is 5.76. The van der Waals surface area contributed by atoms with E-state index in [2.05, 4.69) is 21.1 Å². The molecule has 3 atom stereocenters. The lowest BCUT2D eigenvalue weighted by Crippen LogP contribution is -2.16. The number of hydrogen-bond donors (Lipinski definition) is 0. The lowest BCUT2D eigenvalue weighted by Gasteiger charge is -2.16. The molecular weight excluding hydrogens is 278 g/mol. The maximum absolute atomic E-state index is 11.8. The van der Waals surface area contributed by atoms with Crippen molar-refractivity contribution in [2.24, 2.45) is 5.92 Å². The van der Waals surface area contributed by atoms with Crippen LogP contribution in [0.4, 0.5) is 0 Å². The summed E-state index contributed by atoms with van der Waals surface area (Å²) in [5, 5.41) is 0. The molecule has 0 amide bonds. The van der Waals surface area contributed by atoms with Gasteiger partial charge in [0.05, 0.1) is 21.5 Å². The van der Waals surface area contributed by atoms with Crippen molar-refractivity contribution >= 4 is 23.4 Å². The summed E-state index contributed by atoms with van der Waals surface area (Å²) in [5.41, 5.74) is 3.37. The first-order chi connectivity index (χ1) is 9.03. The van der Waals surface area contributed by atoms with E-state index in [1.807, 2.05) is 20.8 Å². The average molecular weight is 300 g/mol. The summed E-state index contributed by atoms with van der Waals surface area (Å²) in [6.07, 6.45) is 1.51. The zero-order chi connectivity index (χ0) is 14.4. The van der Waals surface area contributed by atoms with Crippen molar-refractivity contribution < 1.29 is 14.1 Å². The summed E-state index contributed by atoms with van der Waals surface area (Å²) >= 11 is 0. The lowest BCUT2D eigenvalue weighted by atomic mass is 9.94. The van der Waals surface area contributed by atoms with E-state index < -0.39 is 0 Å². The number of hydrogen-bond acceptors (Lipinski definition) is 3. The summed E-state index contributed by atoms with van der Waals surface area (Å²) in [7, 11) is 4.25. The molecular formula is C14H22O3P2. The molecule has 5 heteroatoms. The molecule has 1 rings (SSSR count). The van der Waals surface area contributed by atoms with Crippen molar-refractivity contribution in [1.82, 2.24) is 0 Å². The molecule has 3 nitrogen and oxygen atoms in total. The zero-order valence-corrected chi connectivity index (χ0v) is 14.1. The Bertz CT molecular complexity index is 423. The number of rotatable bonds is 6. The third kappa shape index (κ3) is 4.44. The van der Waals surface area contributed by atoms with Crippen LogP contribution < -0.4 is 4.74 Å². The van der Waals surface area contributed by atoms with E-state index in [0.29, 0.717) is 0 Å². The summed E-state index contributed by atoms with van der Waals surface area (Å²) in [4.78, 5) is 11.8. The Labute approximate surface area is 119 Å². The number of ether oxygens (including phenoxy) is 1. The Morgan fingerprint density at radius 2 is 1.95 bits per heavy atom. The van der Waals surface area contributed by atoms with E-state index in [1.54, 1.807) is 7.11 Å². The molecule has 0 aliphatic heterocycles. The maximum Gasteiger partial charge on any atom is 0.311 e. The van der Waals surface area contributed by atoms with Gasteiger partial charge in [-0.15, -0.1) is 0 Å². The third-order valence-corrected chi connectivity index (χ3v) is 3.86. The van der Waals surface area contributed by atoms with Gasteiger partial charge in [-0.25, -0.2) is 0 Å². The van der Waals surface area contributed by atoms with E-state index in [0.717, 1.165) is 35.3 Å². The molecule has 19 heavy (non-hydrogen) atoms. The van der Waals surface area contributed by atoms with Gasteiger partial charge in [-0.2, -0.15) is 0 Å². The van der Waals surface area contributed by atoms with Gasteiger partial charge in [0.1, 0.15) is 5.75 Å². The first-order valence-corrected chi connectivity index (χ1v) is 9.05. The minimum absolute atomic E-state index is 0.0692. The van der Waals surface area contributed by atoms with E-state index >= 15 is 0 Å². The number of benzene rings is 1. The predicted molar refractivity (Wildman–Crippen MR) is 84.1 cm³/mol. The van der Waals surface area contributed by atoms with Gasteiger partial charge in [-0.05, 0) is 43.4 Å². The van der Waals surface area contributed by atoms with Crippen LogP contribution in [0.25, 0.3) is 0 Å². The standard InChI is InChI=1S/C14H22O3P2/c1-5-12(14(15)17-19-18)8-11-6-9(2)13(16-4)10(3)7-11/h6-7,12,19H,5,8,18H2,1-4H3/t12-/m0/s1. The smallest absolute Gasteiger partial charge is 0.311 e. The van der Waals surface area contributed by atoms with Gasteiger partial charge < -0.3 is 9.26 Å².